The zero-order valence-electron chi connectivity index (χ0n) is 12.5. The van der Waals surface area contributed by atoms with Gasteiger partial charge in [-0.05, 0) is 30.0 Å². The summed E-state index contributed by atoms with van der Waals surface area (Å²) in [4.78, 5) is 4.80. The van der Waals surface area contributed by atoms with Crippen LogP contribution in [0.5, 0.6) is 0 Å². The zero-order valence-corrected chi connectivity index (χ0v) is 12.5. The molecule has 4 rings (SSSR count). The molecule has 1 unspecified atom stereocenters. The number of rotatable bonds is 1. The van der Waals surface area contributed by atoms with E-state index in [1.165, 1.54) is 22.4 Å². The molecule has 0 fully saturated rings. The van der Waals surface area contributed by atoms with Crippen LogP contribution in [0.1, 0.15) is 24.5 Å². The molecule has 1 spiro atoms. The van der Waals surface area contributed by atoms with Crippen LogP contribution in [0, 0.1) is 0 Å². The molecule has 0 saturated heterocycles. The molecule has 21 heavy (non-hydrogen) atoms. The maximum atomic E-state index is 5.65. The molecule has 1 aliphatic heterocycles. The van der Waals surface area contributed by atoms with Gasteiger partial charge < -0.3 is 4.74 Å². The Morgan fingerprint density at radius 2 is 2.19 bits per heavy atom. The van der Waals surface area contributed by atoms with Crippen LogP contribution in [0.15, 0.2) is 35.5 Å². The Balaban J connectivity index is 1.82. The zero-order chi connectivity index (χ0) is 14.4. The Morgan fingerprint density at radius 1 is 1.29 bits per heavy atom. The van der Waals surface area contributed by atoms with Crippen molar-refractivity contribution in [2.45, 2.75) is 31.7 Å². The Morgan fingerprint density at radius 3 is 2.90 bits per heavy atom. The summed E-state index contributed by atoms with van der Waals surface area (Å²) in [5.41, 5.74) is 5.26. The summed E-state index contributed by atoms with van der Waals surface area (Å²) in [6, 6.07) is 8.67. The summed E-state index contributed by atoms with van der Waals surface area (Å²) in [5, 5.41) is 4.31. The van der Waals surface area contributed by atoms with Gasteiger partial charge in [-0.15, -0.1) is 0 Å². The van der Waals surface area contributed by atoms with E-state index >= 15 is 0 Å². The van der Waals surface area contributed by atoms with Gasteiger partial charge in [-0.2, -0.15) is 5.10 Å². The molecule has 0 radical (unpaired) electrons. The molecule has 2 aliphatic rings. The second-order valence-electron chi connectivity index (χ2n) is 6.10. The van der Waals surface area contributed by atoms with Gasteiger partial charge in [0.05, 0.1) is 5.69 Å². The lowest BCUT2D eigenvalue weighted by atomic mass is 9.77. The quantitative estimate of drug-likeness (QED) is 0.806. The number of aryl methyl sites for hydroxylation is 2. The minimum absolute atomic E-state index is 0.0498. The topological polar surface area (TPSA) is 39.4 Å². The SMILES string of the molecule is CC1=NC2(CCc3cccc(-c4ccnn4C)c3C2)CO1. The van der Waals surface area contributed by atoms with Crippen molar-refractivity contribution >= 4 is 5.90 Å². The Hall–Kier alpha value is -2.10. The normalized spacial score (nSPS) is 23.8. The number of benzene rings is 1. The first-order chi connectivity index (χ1) is 10.2. The third-order valence-corrected chi connectivity index (χ3v) is 4.68. The number of aliphatic imine (C=N–C) groups is 1. The average molecular weight is 281 g/mol. The van der Waals surface area contributed by atoms with E-state index in [0.717, 1.165) is 31.8 Å². The number of hydrogen-bond donors (Lipinski definition) is 0. The van der Waals surface area contributed by atoms with Crippen molar-refractivity contribution in [1.82, 2.24) is 9.78 Å². The molecular weight excluding hydrogens is 262 g/mol. The van der Waals surface area contributed by atoms with Crippen molar-refractivity contribution in [3.05, 3.63) is 41.6 Å². The highest BCUT2D eigenvalue weighted by molar-refractivity contribution is 5.76. The molecule has 4 nitrogen and oxygen atoms in total. The van der Waals surface area contributed by atoms with Crippen molar-refractivity contribution in [3.63, 3.8) is 0 Å². The third-order valence-electron chi connectivity index (χ3n) is 4.68. The Kier molecular flexibility index (Phi) is 2.67. The van der Waals surface area contributed by atoms with Gasteiger partial charge in [0.2, 0.25) is 0 Å². The fourth-order valence-corrected chi connectivity index (χ4v) is 3.60. The summed E-state index contributed by atoms with van der Waals surface area (Å²) >= 11 is 0. The number of fused-ring (bicyclic) bond motifs is 1. The van der Waals surface area contributed by atoms with Gasteiger partial charge in [0.15, 0.2) is 5.90 Å². The molecule has 2 aromatic rings. The maximum Gasteiger partial charge on any atom is 0.180 e. The average Bonchev–Trinajstić information content (AvgIpc) is 3.05. The van der Waals surface area contributed by atoms with Crippen LogP contribution in [-0.4, -0.2) is 27.8 Å². The van der Waals surface area contributed by atoms with Gasteiger partial charge >= 0.3 is 0 Å². The number of aromatic nitrogens is 2. The number of hydrogen-bond acceptors (Lipinski definition) is 3. The summed E-state index contributed by atoms with van der Waals surface area (Å²) in [7, 11) is 1.99. The van der Waals surface area contributed by atoms with Crippen LogP contribution in [0.3, 0.4) is 0 Å². The van der Waals surface area contributed by atoms with E-state index in [1.54, 1.807) is 0 Å². The molecule has 0 N–H and O–H groups in total. The predicted octanol–water partition coefficient (Wildman–Crippen LogP) is 2.76. The van der Waals surface area contributed by atoms with Crippen molar-refractivity contribution in [1.29, 1.82) is 0 Å². The molecular formula is C17H19N3O. The largest absolute Gasteiger partial charge is 0.479 e. The van der Waals surface area contributed by atoms with Gasteiger partial charge in [0, 0.05) is 32.2 Å². The molecule has 4 heteroatoms. The lowest BCUT2D eigenvalue weighted by Gasteiger charge is -2.32. The lowest BCUT2D eigenvalue weighted by Crippen LogP contribution is -2.35. The third kappa shape index (κ3) is 1.97. The van der Waals surface area contributed by atoms with E-state index in [0.29, 0.717) is 0 Å². The molecule has 1 atom stereocenters. The monoisotopic (exact) mass is 281 g/mol. The number of nitrogens with zero attached hydrogens (tertiary/aromatic N) is 3. The van der Waals surface area contributed by atoms with Crippen molar-refractivity contribution in [2.24, 2.45) is 12.0 Å². The molecule has 1 aliphatic carbocycles. The van der Waals surface area contributed by atoms with Gasteiger partial charge in [0.1, 0.15) is 12.1 Å². The highest BCUT2D eigenvalue weighted by Gasteiger charge is 2.39. The molecule has 108 valence electrons. The van der Waals surface area contributed by atoms with E-state index in [4.69, 9.17) is 9.73 Å². The van der Waals surface area contributed by atoms with Gasteiger partial charge in [-0.3, -0.25) is 4.68 Å². The summed E-state index contributed by atoms with van der Waals surface area (Å²) in [6.07, 6.45) is 4.96. The molecule has 2 heterocycles. The minimum atomic E-state index is -0.0498. The van der Waals surface area contributed by atoms with Crippen molar-refractivity contribution < 1.29 is 4.74 Å². The van der Waals surface area contributed by atoms with Gasteiger partial charge in [0.25, 0.3) is 0 Å². The van der Waals surface area contributed by atoms with E-state index in [-0.39, 0.29) is 5.54 Å². The smallest absolute Gasteiger partial charge is 0.180 e. The van der Waals surface area contributed by atoms with Crippen LogP contribution >= 0.6 is 0 Å². The highest BCUT2D eigenvalue weighted by Crippen LogP contribution is 2.39. The summed E-state index contributed by atoms with van der Waals surface area (Å²) in [5.74, 6) is 0.830. The fourth-order valence-electron chi connectivity index (χ4n) is 3.60. The van der Waals surface area contributed by atoms with Crippen LogP contribution in [-0.2, 0) is 24.6 Å². The molecule has 0 bridgehead atoms. The van der Waals surface area contributed by atoms with Gasteiger partial charge in [-0.1, -0.05) is 18.2 Å². The molecule has 0 saturated carbocycles. The standard InChI is InChI=1S/C17H19N3O/c1-12-19-17(11-21-12)8-6-13-4-3-5-14(15(13)10-17)16-7-9-18-20(16)2/h3-5,7,9H,6,8,10-11H2,1-2H3. The summed E-state index contributed by atoms with van der Waals surface area (Å²) < 4.78 is 7.59. The predicted molar refractivity (Wildman–Crippen MR) is 82.5 cm³/mol. The Labute approximate surface area is 124 Å². The molecule has 1 aromatic carbocycles. The maximum absolute atomic E-state index is 5.65. The highest BCUT2D eigenvalue weighted by atomic mass is 16.5. The van der Waals surface area contributed by atoms with Crippen LogP contribution in [0.4, 0.5) is 0 Å². The summed E-state index contributed by atoms with van der Waals surface area (Å²) in [6.45, 7) is 2.68. The Bertz CT molecular complexity index is 731. The number of ether oxygens (including phenoxy) is 1. The van der Waals surface area contributed by atoms with E-state index in [2.05, 4.69) is 29.4 Å². The van der Waals surface area contributed by atoms with E-state index < -0.39 is 0 Å². The van der Waals surface area contributed by atoms with E-state index in [1.807, 2.05) is 24.9 Å². The molecule has 1 aromatic heterocycles. The fraction of sp³-hybridized carbons (Fsp3) is 0.412. The first kappa shape index (κ1) is 12.6. The second kappa shape index (κ2) is 4.45. The van der Waals surface area contributed by atoms with E-state index in [9.17, 15) is 0 Å². The molecule has 0 amide bonds. The lowest BCUT2D eigenvalue weighted by molar-refractivity contribution is 0.236. The van der Waals surface area contributed by atoms with Gasteiger partial charge in [-0.25, -0.2) is 4.99 Å². The van der Waals surface area contributed by atoms with Crippen molar-refractivity contribution in [2.75, 3.05) is 6.61 Å². The minimum Gasteiger partial charge on any atom is -0.479 e. The first-order valence-electron chi connectivity index (χ1n) is 7.45. The van der Waals surface area contributed by atoms with Crippen LogP contribution in [0.2, 0.25) is 0 Å². The van der Waals surface area contributed by atoms with Crippen molar-refractivity contribution in [3.8, 4) is 11.3 Å². The first-order valence-corrected chi connectivity index (χ1v) is 7.45. The van der Waals surface area contributed by atoms with Crippen LogP contribution in [0.25, 0.3) is 11.3 Å². The second-order valence-corrected chi connectivity index (χ2v) is 6.10. The van der Waals surface area contributed by atoms with Crippen LogP contribution < -0.4 is 0 Å².